The second-order valence-electron chi connectivity index (χ2n) is 5.08. The minimum absolute atomic E-state index is 0.532. The molecule has 0 saturated heterocycles. The zero-order chi connectivity index (χ0) is 17.5. The number of benzene rings is 1. The fraction of sp³-hybridized carbons (Fsp3) is 0.333. The molecule has 1 heterocycles. The van der Waals surface area contributed by atoms with Crippen molar-refractivity contribution in [2.24, 2.45) is 0 Å². The fourth-order valence-electron chi connectivity index (χ4n) is 2.06. The number of thiazole rings is 1. The van der Waals surface area contributed by atoms with E-state index in [9.17, 15) is 5.26 Å². The molecule has 2 rings (SSSR count). The maximum atomic E-state index is 9.44. The Balaban J connectivity index is 2.43. The van der Waals surface area contributed by atoms with E-state index in [2.05, 4.69) is 33.9 Å². The van der Waals surface area contributed by atoms with Gasteiger partial charge in [0.1, 0.15) is 11.1 Å². The van der Waals surface area contributed by atoms with Crippen LogP contribution in [0.5, 0.6) is 11.5 Å². The van der Waals surface area contributed by atoms with Gasteiger partial charge in [-0.1, -0.05) is 6.92 Å². The second-order valence-corrected chi connectivity index (χ2v) is 6.79. The van der Waals surface area contributed by atoms with Crippen molar-refractivity contribution in [1.82, 2.24) is 4.98 Å². The summed E-state index contributed by atoms with van der Waals surface area (Å²) in [7, 11) is 0. The topological polar surface area (TPSA) is 55.1 Å². The normalized spacial score (nSPS) is 11.2. The van der Waals surface area contributed by atoms with Gasteiger partial charge in [0.25, 0.3) is 0 Å². The largest absolute Gasteiger partial charge is 0.490 e. The van der Waals surface area contributed by atoms with Crippen LogP contribution in [-0.4, -0.2) is 18.2 Å². The van der Waals surface area contributed by atoms with Crippen LogP contribution in [0.2, 0.25) is 0 Å². The van der Waals surface area contributed by atoms with Crippen LogP contribution in [0.1, 0.15) is 36.5 Å². The number of hydrogen-bond acceptors (Lipinski definition) is 5. The molecule has 126 valence electrons. The number of nitriles is 1. The molecule has 0 fully saturated rings. The van der Waals surface area contributed by atoms with Gasteiger partial charge in [-0.15, -0.1) is 11.3 Å². The SMILES string of the molecule is CCCOc1c(Br)cc(/C=C(\C#N)c2nc(C)cs2)cc1OCC. The van der Waals surface area contributed by atoms with Gasteiger partial charge in [0.2, 0.25) is 0 Å². The minimum Gasteiger partial charge on any atom is -0.490 e. The zero-order valence-corrected chi connectivity index (χ0v) is 16.3. The molecule has 0 aliphatic heterocycles. The molecule has 1 aromatic carbocycles. The van der Waals surface area contributed by atoms with E-state index < -0.39 is 0 Å². The van der Waals surface area contributed by atoms with Crippen LogP contribution in [0.15, 0.2) is 22.0 Å². The van der Waals surface area contributed by atoms with E-state index in [1.54, 1.807) is 0 Å². The lowest BCUT2D eigenvalue weighted by molar-refractivity contribution is 0.275. The van der Waals surface area contributed by atoms with Crippen LogP contribution in [0.3, 0.4) is 0 Å². The van der Waals surface area contributed by atoms with E-state index in [1.807, 2.05) is 37.4 Å². The molecule has 0 spiro atoms. The highest BCUT2D eigenvalue weighted by Crippen LogP contribution is 2.38. The highest BCUT2D eigenvalue weighted by molar-refractivity contribution is 9.10. The first-order valence-corrected chi connectivity index (χ1v) is 9.39. The first-order chi connectivity index (χ1) is 11.6. The van der Waals surface area contributed by atoms with Crippen molar-refractivity contribution in [3.05, 3.63) is 38.3 Å². The summed E-state index contributed by atoms with van der Waals surface area (Å²) in [5.74, 6) is 1.36. The van der Waals surface area contributed by atoms with Crippen LogP contribution < -0.4 is 9.47 Å². The van der Waals surface area contributed by atoms with E-state index >= 15 is 0 Å². The third-order valence-corrected chi connectivity index (χ3v) is 4.65. The van der Waals surface area contributed by atoms with Gasteiger partial charge >= 0.3 is 0 Å². The van der Waals surface area contributed by atoms with E-state index in [0.717, 1.165) is 27.2 Å². The number of ether oxygens (including phenoxy) is 2. The molecule has 6 heteroatoms. The van der Waals surface area contributed by atoms with Gasteiger partial charge in [-0.2, -0.15) is 5.26 Å². The van der Waals surface area contributed by atoms with E-state index in [1.165, 1.54) is 11.3 Å². The average Bonchev–Trinajstić information content (AvgIpc) is 2.98. The molecular weight excluding hydrogens is 388 g/mol. The van der Waals surface area contributed by atoms with Gasteiger partial charge in [0.15, 0.2) is 11.5 Å². The second kappa shape index (κ2) is 8.86. The Kier molecular flexibility index (Phi) is 6.83. The van der Waals surface area contributed by atoms with Gasteiger partial charge in [0.05, 0.1) is 23.3 Å². The van der Waals surface area contributed by atoms with E-state index in [4.69, 9.17) is 9.47 Å². The predicted molar refractivity (Wildman–Crippen MR) is 101 cm³/mol. The fourth-order valence-corrected chi connectivity index (χ4v) is 3.40. The molecule has 0 aliphatic rings. The van der Waals surface area contributed by atoms with Crippen LogP contribution in [0, 0.1) is 18.3 Å². The number of rotatable bonds is 7. The Labute approximate surface area is 154 Å². The standard InChI is InChI=1S/C18H19BrN2O2S/c1-4-6-23-17-15(19)8-13(9-16(17)22-5-2)7-14(10-20)18-21-12(3)11-24-18/h7-9,11H,4-6H2,1-3H3/b14-7+. The minimum atomic E-state index is 0.532. The van der Waals surface area contributed by atoms with Crippen molar-refractivity contribution >= 4 is 38.9 Å². The molecule has 0 unspecified atom stereocenters. The monoisotopic (exact) mass is 406 g/mol. The summed E-state index contributed by atoms with van der Waals surface area (Å²) in [6, 6.07) is 6.03. The number of hydrogen-bond donors (Lipinski definition) is 0. The summed E-state index contributed by atoms with van der Waals surface area (Å²) in [4.78, 5) is 4.38. The van der Waals surface area contributed by atoms with Crippen LogP contribution in [-0.2, 0) is 0 Å². The summed E-state index contributed by atoms with van der Waals surface area (Å²) in [5.41, 5.74) is 2.30. The number of allylic oxidation sites excluding steroid dienone is 1. The summed E-state index contributed by atoms with van der Waals surface area (Å²) in [6.07, 6.45) is 2.73. The molecule has 0 atom stereocenters. The lowest BCUT2D eigenvalue weighted by atomic mass is 10.1. The predicted octanol–water partition coefficient (Wildman–Crippen LogP) is 5.47. The van der Waals surface area contributed by atoms with Gasteiger partial charge in [-0.05, 0) is 60.0 Å². The van der Waals surface area contributed by atoms with Gasteiger partial charge in [-0.3, -0.25) is 0 Å². The lowest BCUT2D eigenvalue weighted by Gasteiger charge is -2.14. The summed E-state index contributed by atoms with van der Waals surface area (Å²) < 4.78 is 12.3. The highest BCUT2D eigenvalue weighted by atomic mass is 79.9. The Bertz CT molecular complexity index is 778. The van der Waals surface area contributed by atoms with Gasteiger partial charge < -0.3 is 9.47 Å². The smallest absolute Gasteiger partial charge is 0.175 e. The Hall–Kier alpha value is -1.84. The molecule has 0 saturated carbocycles. The summed E-state index contributed by atoms with van der Waals surface area (Å²) in [6.45, 7) is 7.06. The van der Waals surface area contributed by atoms with Crippen molar-refractivity contribution in [3.63, 3.8) is 0 Å². The van der Waals surface area contributed by atoms with Crippen LogP contribution in [0.25, 0.3) is 11.6 Å². The molecule has 2 aromatic rings. The third-order valence-electron chi connectivity index (χ3n) is 3.06. The zero-order valence-electron chi connectivity index (χ0n) is 13.9. The third kappa shape index (κ3) is 4.59. The van der Waals surface area contributed by atoms with Crippen LogP contribution in [0.4, 0.5) is 0 Å². The Morgan fingerprint density at radius 1 is 1.38 bits per heavy atom. The molecule has 1 aromatic heterocycles. The van der Waals surface area contributed by atoms with Crippen molar-refractivity contribution in [2.75, 3.05) is 13.2 Å². The quantitative estimate of drug-likeness (QED) is 0.572. The molecule has 4 nitrogen and oxygen atoms in total. The molecule has 0 N–H and O–H groups in total. The Morgan fingerprint density at radius 2 is 2.17 bits per heavy atom. The van der Waals surface area contributed by atoms with E-state index in [0.29, 0.717) is 30.3 Å². The van der Waals surface area contributed by atoms with Crippen molar-refractivity contribution in [3.8, 4) is 17.6 Å². The van der Waals surface area contributed by atoms with Crippen LogP contribution >= 0.6 is 27.3 Å². The molecule has 0 bridgehead atoms. The van der Waals surface area contributed by atoms with Crippen molar-refractivity contribution < 1.29 is 9.47 Å². The molecule has 24 heavy (non-hydrogen) atoms. The first kappa shape index (κ1) is 18.5. The summed E-state index contributed by atoms with van der Waals surface area (Å²) >= 11 is 5.01. The number of aryl methyl sites for hydroxylation is 1. The Morgan fingerprint density at radius 3 is 2.75 bits per heavy atom. The molecule has 0 aliphatic carbocycles. The maximum Gasteiger partial charge on any atom is 0.175 e. The number of halogens is 1. The molecular formula is C18H19BrN2O2S. The van der Waals surface area contributed by atoms with Crippen molar-refractivity contribution in [1.29, 1.82) is 5.26 Å². The first-order valence-electron chi connectivity index (χ1n) is 7.72. The van der Waals surface area contributed by atoms with Crippen molar-refractivity contribution in [2.45, 2.75) is 27.2 Å². The number of aromatic nitrogens is 1. The average molecular weight is 407 g/mol. The highest BCUT2D eigenvalue weighted by Gasteiger charge is 2.13. The van der Waals surface area contributed by atoms with E-state index in [-0.39, 0.29) is 0 Å². The summed E-state index contributed by atoms with van der Waals surface area (Å²) in [5, 5.41) is 12.1. The molecule has 0 amide bonds. The van der Waals surface area contributed by atoms with Gasteiger partial charge in [-0.25, -0.2) is 4.98 Å². The number of nitrogens with zero attached hydrogens (tertiary/aromatic N) is 2. The maximum absolute atomic E-state index is 9.44. The van der Waals surface area contributed by atoms with Gasteiger partial charge in [0, 0.05) is 11.1 Å². The molecule has 0 radical (unpaired) electrons. The lowest BCUT2D eigenvalue weighted by Crippen LogP contribution is -2.01.